The lowest BCUT2D eigenvalue weighted by atomic mass is 9.68. The summed E-state index contributed by atoms with van der Waals surface area (Å²) in [5.74, 6) is 0.602. The monoisotopic (exact) mass is 266 g/mol. The predicted octanol–water partition coefficient (Wildman–Crippen LogP) is 2.40. The third-order valence-corrected chi connectivity index (χ3v) is 5.87. The first-order valence-electron chi connectivity index (χ1n) is 8.33. The van der Waals surface area contributed by atoms with Gasteiger partial charge in [0.1, 0.15) is 0 Å². The topological polar surface area (TPSA) is 38.5 Å². The zero-order valence-corrected chi connectivity index (χ0v) is 12.3. The molecule has 2 N–H and O–H groups in total. The quantitative estimate of drug-likeness (QED) is 0.852. The van der Waals surface area contributed by atoms with Crippen molar-refractivity contribution >= 4 is 0 Å². The molecule has 3 rings (SSSR count). The van der Waals surface area contributed by atoms with Crippen molar-refractivity contribution in [2.75, 3.05) is 32.8 Å². The van der Waals surface area contributed by atoms with Gasteiger partial charge in [0.25, 0.3) is 0 Å². The third kappa shape index (κ3) is 3.32. The van der Waals surface area contributed by atoms with E-state index in [1.165, 1.54) is 64.5 Å². The molecular weight excluding hydrogens is 236 g/mol. The third-order valence-electron chi connectivity index (χ3n) is 5.87. The molecule has 19 heavy (non-hydrogen) atoms. The Hall–Kier alpha value is -0.120. The van der Waals surface area contributed by atoms with Crippen molar-refractivity contribution in [2.45, 2.75) is 57.4 Å². The summed E-state index contributed by atoms with van der Waals surface area (Å²) >= 11 is 0. The zero-order valence-electron chi connectivity index (χ0n) is 12.3. The Labute approximate surface area is 117 Å². The van der Waals surface area contributed by atoms with E-state index in [2.05, 4.69) is 4.90 Å². The molecule has 0 amide bonds. The maximum atomic E-state index is 6.36. The summed E-state index contributed by atoms with van der Waals surface area (Å²) in [5, 5.41) is 0. The maximum Gasteiger partial charge on any atom is 0.0510 e. The molecule has 0 aromatic rings. The largest absolute Gasteiger partial charge is 0.381 e. The molecule has 2 aliphatic heterocycles. The van der Waals surface area contributed by atoms with Crippen molar-refractivity contribution in [2.24, 2.45) is 17.1 Å². The molecule has 0 aromatic heterocycles. The summed E-state index contributed by atoms with van der Waals surface area (Å²) in [6.07, 6.45) is 11.4. The van der Waals surface area contributed by atoms with Crippen LogP contribution in [0, 0.1) is 11.3 Å². The first-order chi connectivity index (χ1) is 9.27. The number of nitrogens with zero attached hydrogens (tertiary/aromatic N) is 1. The highest BCUT2D eigenvalue weighted by atomic mass is 16.5. The summed E-state index contributed by atoms with van der Waals surface area (Å²) in [6, 6.07) is 0.322. The molecule has 3 fully saturated rings. The fourth-order valence-corrected chi connectivity index (χ4v) is 4.35. The van der Waals surface area contributed by atoms with E-state index in [4.69, 9.17) is 10.5 Å². The Balaban J connectivity index is 1.44. The summed E-state index contributed by atoms with van der Waals surface area (Å²) in [7, 11) is 0. The summed E-state index contributed by atoms with van der Waals surface area (Å²) in [4.78, 5) is 2.61. The van der Waals surface area contributed by atoms with Gasteiger partial charge in [-0.3, -0.25) is 0 Å². The van der Waals surface area contributed by atoms with Gasteiger partial charge in [0, 0.05) is 25.1 Å². The first kappa shape index (κ1) is 13.8. The van der Waals surface area contributed by atoms with Crippen LogP contribution in [-0.4, -0.2) is 43.8 Å². The van der Waals surface area contributed by atoms with Crippen molar-refractivity contribution in [1.29, 1.82) is 0 Å². The van der Waals surface area contributed by atoms with E-state index in [1.54, 1.807) is 0 Å². The lowest BCUT2D eigenvalue weighted by Gasteiger charge is -2.45. The average Bonchev–Trinajstić information content (AvgIpc) is 2.97. The van der Waals surface area contributed by atoms with Gasteiger partial charge in [-0.1, -0.05) is 19.3 Å². The first-order valence-corrected chi connectivity index (χ1v) is 8.33. The average molecular weight is 266 g/mol. The smallest absolute Gasteiger partial charge is 0.0510 e. The fourth-order valence-electron chi connectivity index (χ4n) is 4.35. The molecule has 0 bridgehead atoms. The number of hydrogen-bond acceptors (Lipinski definition) is 3. The van der Waals surface area contributed by atoms with Crippen molar-refractivity contribution in [3.63, 3.8) is 0 Å². The predicted molar refractivity (Wildman–Crippen MR) is 78.1 cm³/mol. The molecule has 1 aliphatic carbocycles. The van der Waals surface area contributed by atoms with Crippen LogP contribution in [0.15, 0.2) is 0 Å². The van der Waals surface area contributed by atoms with Gasteiger partial charge in [-0.05, 0) is 50.6 Å². The second-order valence-electron chi connectivity index (χ2n) is 7.15. The van der Waals surface area contributed by atoms with Gasteiger partial charge in [-0.25, -0.2) is 0 Å². The number of nitrogens with two attached hydrogens (primary N) is 1. The Bertz CT molecular complexity index is 272. The SMILES string of the molecule is NC(CN1CCC2(CCCCC2)CC1)C1CCOC1. The summed E-state index contributed by atoms with van der Waals surface area (Å²) in [6.45, 7) is 5.45. The molecule has 2 atom stereocenters. The van der Waals surface area contributed by atoms with E-state index >= 15 is 0 Å². The number of ether oxygens (including phenoxy) is 1. The number of likely N-dealkylation sites (tertiary alicyclic amines) is 1. The van der Waals surface area contributed by atoms with Gasteiger partial charge in [0.2, 0.25) is 0 Å². The molecule has 2 unspecified atom stereocenters. The zero-order chi connectivity index (χ0) is 13.1. The van der Waals surface area contributed by atoms with Crippen LogP contribution in [0.4, 0.5) is 0 Å². The van der Waals surface area contributed by atoms with E-state index in [-0.39, 0.29) is 0 Å². The van der Waals surface area contributed by atoms with E-state index < -0.39 is 0 Å². The lowest BCUT2D eigenvalue weighted by Crippen LogP contribution is -2.48. The van der Waals surface area contributed by atoms with Gasteiger partial charge < -0.3 is 15.4 Å². The Kier molecular flexibility index (Phi) is 4.45. The number of piperidine rings is 1. The molecule has 0 radical (unpaired) electrons. The Morgan fingerprint density at radius 2 is 1.84 bits per heavy atom. The summed E-state index contributed by atoms with van der Waals surface area (Å²) < 4.78 is 5.46. The molecule has 110 valence electrons. The van der Waals surface area contributed by atoms with Gasteiger partial charge in [-0.2, -0.15) is 0 Å². The highest BCUT2D eigenvalue weighted by Gasteiger charge is 2.36. The molecule has 3 nitrogen and oxygen atoms in total. The molecule has 1 spiro atoms. The maximum absolute atomic E-state index is 6.36. The van der Waals surface area contributed by atoms with Gasteiger partial charge in [0.05, 0.1) is 6.61 Å². The Morgan fingerprint density at radius 3 is 2.47 bits per heavy atom. The number of rotatable bonds is 3. The van der Waals surface area contributed by atoms with Crippen LogP contribution < -0.4 is 5.73 Å². The minimum absolute atomic E-state index is 0.322. The molecule has 2 heterocycles. The molecule has 3 heteroatoms. The van der Waals surface area contributed by atoms with Crippen LogP contribution in [0.5, 0.6) is 0 Å². The molecule has 0 aromatic carbocycles. The van der Waals surface area contributed by atoms with Crippen LogP contribution in [-0.2, 0) is 4.74 Å². The molecule has 1 saturated carbocycles. The van der Waals surface area contributed by atoms with Gasteiger partial charge in [0.15, 0.2) is 0 Å². The van der Waals surface area contributed by atoms with Gasteiger partial charge >= 0.3 is 0 Å². The summed E-state index contributed by atoms with van der Waals surface area (Å²) in [5.41, 5.74) is 7.08. The van der Waals surface area contributed by atoms with E-state index in [9.17, 15) is 0 Å². The van der Waals surface area contributed by atoms with Crippen LogP contribution in [0.1, 0.15) is 51.4 Å². The normalized spacial score (nSPS) is 33.6. The molecular formula is C16H30N2O. The van der Waals surface area contributed by atoms with Crippen molar-refractivity contribution in [1.82, 2.24) is 4.90 Å². The van der Waals surface area contributed by atoms with E-state index in [1.807, 2.05) is 0 Å². The standard InChI is InChI=1S/C16H30N2O/c17-15(14-4-11-19-13-14)12-18-9-7-16(8-10-18)5-2-1-3-6-16/h14-15H,1-13,17H2. The molecule has 3 aliphatic rings. The second-order valence-corrected chi connectivity index (χ2v) is 7.15. The van der Waals surface area contributed by atoms with Crippen LogP contribution >= 0.6 is 0 Å². The van der Waals surface area contributed by atoms with Gasteiger partial charge in [-0.15, -0.1) is 0 Å². The fraction of sp³-hybridized carbons (Fsp3) is 1.00. The van der Waals surface area contributed by atoms with Crippen LogP contribution in [0.25, 0.3) is 0 Å². The second kappa shape index (κ2) is 6.11. The highest BCUT2D eigenvalue weighted by Crippen LogP contribution is 2.44. The van der Waals surface area contributed by atoms with Crippen molar-refractivity contribution in [3.8, 4) is 0 Å². The van der Waals surface area contributed by atoms with Crippen LogP contribution in [0.2, 0.25) is 0 Å². The minimum atomic E-state index is 0.322. The lowest BCUT2D eigenvalue weighted by molar-refractivity contribution is 0.0608. The minimum Gasteiger partial charge on any atom is -0.381 e. The van der Waals surface area contributed by atoms with Crippen molar-refractivity contribution in [3.05, 3.63) is 0 Å². The van der Waals surface area contributed by atoms with Crippen LogP contribution in [0.3, 0.4) is 0 Å². The number of hydrogen-bond donors (Lipinski definition) is 1. The van der Waals surface area contributed by atoms with E-state index in [0.717, 1.165) is 25.2 Å². The highest BCUT2D eigenvalue weighted by molar-refractivity contribution is 4.90. The van der Waals surface area contributed by atoms with E-state index in [0.29, 0.717) is 12.0 Å². The molecule has 2 saturated heterocycles. The Morgan fingerprint density at radius 1 is 1.11 bits per heavy atom. The van der Waals surface area contributed by atoms with Crippen molar-refractivity contribution < 1.29 is 4.74 Å².